The molecule has 1 fully saturated rings. The van der Waals surface area contributed by atoms with Crippen LogP contribution in [-0.4, -0.2) is 51.5 Å². The normalized spacial score (nSPS) is 16.6. The molecular formula is C26H29F2N3O5S. The first-order chi connectivity index (χ1) is 17.7. The van der Waals surface area contributed by atoms with Gasteiger partial charge in [0, 0.05) is 55.5 Å². The largest absolute Gasteiger partial charge is 0.492 e. The van der Waals surface area contributed by atoms with Gasteiger partial charge in [-0.1, -0.05) is 6.07 Å². The van der Waals surface area contributed by atoms with E-state index in [0.29, 0.717) is 35.8 Å². The number of aryl methyl sites for hydroxylation is 1. The van der Waals surface area contributed by atoms with E-state index in [1.165, 1.54) is 16.7 Å². The minimum absolute atomic E-state index is 0.158. The summed E-state index contributed by atoms with van der Waals surface area (Å²) in [5, 5.41) is 0. The molecule has 0 bridgehead atoms. The zero-order valence-corrected chi connectivity index (χ0v) is 21.4. The topological polar surface area (TPSA) is 93.0 Å². The van der Waals surface area contributed by atoms with Gasteiger partial charge in [-0.25, -0.2) is 17.7 Å². The molecule has 2 aromatic carbocycles. The first-order valence-corrected chi connectivity index (χ1v) is 12.9. The number of halogens is 2. The van der Waals surface area contributed by atoms with Crippen molar-refractivity contribution in [2.24, 2.45) is 13.0 Å². The highest BCUT2D eigenvalue weighted by Crippen LogP contribution is 2.39. The van der Waals surface area contributed by atoms with Gasteiger partial charge >= 0.3 is 0 Å². The van der Waals surface area contributed by atoms with Crippen molar-refractivity contribution < 1.29 is 27.0 Å². The molecule has 0 aliphatic carbocycles. The molecule has 37 heavy (non-hydrogen) atoms. The lowest BCUT2D eigenvalue weighted by molar-refractivity contribution is 0.249. The number of aromatic nitrogens is 1. The number of benzene rings is 2. The predicted molar refractivity (Wildman–Crippen MR) is 137 cm³/mol. The fourth-order valence-electron chi connectivity index (χ4n) is 4.30. The molecule has 2 heterocycles. The lowest BCUT2D eigenvalue weighted by atomic mass is 10.0. The average Bonchev–Trinajstić information content (AvgIpc) is 3.27. The van der Waals surface area contributed by atoms with Crippen LogP contribution in [0, 0.1) is 17.6 Å². The minimum Gasteiger partial charge on any atom is -0.492 e. The third-order valence-electron chi connectivity index (χ3n) is 6.24. The lowest BCUT2D eigenvalue weighted by Crippen LogP contribution is -2.20. The lowest BCUT2D eigenvalue weighted by Gasteiger charge is -2.19. The molecule has 198 valence electrons. The highest BCUT2D eigenvalue weighted by molar-refractivity contribution is 7.77. The standard InChI is InChI=1S/C26H29F2N3O5S/c1-30-10-8-18(14-30)16-35-25-13-26(32)31(2)15-21(25)20-11-17(7-9-29-37(33)34)3-5-23(20)36-24-6-4-19(27)12-22(24)28/h3-6,11-13,15,18,29H,7-10,14,16H2,1-2H3,(H,33,34). The van der Waals surface area contributed by atoms with Crippen LogP contribution >= 0.6 is 0 Å². The minimum atomic E-state index is -2.14. The van der Waals surface area contributed by atoms with Gasteiger partial charge < -0.3 is 18.9 Å². The number of hydrogen-bond acceptors (Lipinski definition) is 5. The first-order valence-electron chi connectivity index (χ1n) is 11.8. The van der Waals surface area contributed by atoms with Crippen LogP contribution in [0.15, 0.2) is 53.5 Å². The van der Waals surface area contributed by atoms with Crippen LogP contribution in [0.5, 0.6) is 17.2 Å². The summed E-state index contributed by atoms with van der Waals surface area (Å²) in [7, 11) is 3.67. The molecule has 4 rings (SSSR count). The van der Waals surface area contributed by atoms with Gasteiger partial charge in [0.1, 0.15) is 17.3 Å². The van der Waals surface area contributed by atoms with Crippen LogP contribution < -0.4 is 19.8 Å². The smallest absolute Gasteiger partial charge is 0.254 e. The first kappa shape index (κ1) is 26.9. The van der Waals surface area contributed by atoms with E-state index in [0.717, 1.165) is 37.2 Å². The summed E-state index contributed by atoms with van der Waals surface area (Å²) in [6.45, 7) is 2.54. The second kappa shape index (κ2) is 12.0. The van der Waals surface area contributed by atoms with E-state index in [1.54, 1.807) is 31.4 Å². The molecule has 3 aromatic rings. The molecule has 1 aromatic heterocycles. The van der Waals surface area contributed by atoms with E-state index in [2.05, 4.69) is 16.7 Å². The molecule has 2 unspecified atom stereocenters. The van der Waals surface area contributed by atoms with E-state index in [9.17, 15) is 17.8 Å². The summed E-state index contributed by atoms with van der Waals surface area (Å²) in [6, 6.07) is 9.66. The Morgan fingerprint density at radius 2 is 1.86 bits per heavy atom. The number of nitrogens with one attached hydrogen (secondary N) is 1. The van der Waals surface area contributed by atoms with E-state index in [1.807, 2.05) is 0 Å². The SMILES string of the molecule is CN1CCC(COc2cc(=O)n(C)cc2-c2cc(CCNS(=O)O)ccc2Oc2ccc(F)cc2F)C1. The number of rotatable bonds is 10. The van der Waals surface area contributed by atoms with Crippen molar-refractivity contribution in [3.8, 4) is 28.4 Å². The third-order valence-corrected chi connectivity index (χ3v) is 6.69. The maximum Gasteiger partial charge on any atom is 0.254 e. The van der Waals surface area contributed by atoms with Gasteiger partial charge in [-0.3, -0.25) is 9.35 Å². The Bertz CT molecular complexity index is 1350. The zero-order chi connectivity index (χ0) is 26.5. The summed E-state index contributed by atoms with van der Waals surface area (Å²) < 4.78 is 63.7. The second-order valence-electron chi connectivity index (χ2n) is 9.13. The van der Waals surface area contributed by atoms with Gasteiger partial charge in [0.15, 0.2) is 11.6 Å². The molecule has 11 heteroatoms. The highest BCUT2D eigenvalue weighted by Gasteiger charge is 2.22. The van der Waals surface area contributed by atoms with Gasteiger partial charge in [0.05, 0.1) is 6.61 Å². The Balaban J connectivity index is 1.73. The van der Waals surface area contributed by atoms with Gasteiger partial charge in [-0.15, -0.1) is 0 Å². The Kier molecular flexibility index (Phi) is 8.70. The van der Waals surface area contributed by atoms with E-state index in [-0.39, 0.29) is 23.6 Å². The number of pyridine rings is 1. The highest BCUT2D eigenvalue weighted by atomic mass is 32.2. The van der Waals surface area contributed by atoms with Crippen molar-refractivity contribution in [3.05, 3.63) is 76.2 Å². The third kappa shape index (κ3) is 7.01. The van der Waals surface area contributed by atoms with E-state index < -0.39 is 22.9 Å². The fraction of sp³-hybridized carbons (Fsp3) is 0.346. The van der Waals surface area contributed by atoms with Crippen LogP contribution in [0.2, 0.25) is 0 Å². The summed E-state index contributed by atoms with van der Waals surface area (Å²) in [5.41, 5.74) is 1.64. The number of ether oxygens (including phenoxy) is 2. The second-order valence-corrected chi connectivity index (χ2v) is 9.92. The van der Waals surface area contributed by atoms with Crippen LogP contribution in [-0.2, 0) is 24.7 Å². The molecule has 1 aliphatic rings. The number of likely N-dealkylation sites (tertiary alicyclic amines) is 1. The molecule has 0 saturated carbocycles. The van der Waals surface area contributed by atoms with Crippen LogP contribution in [0.4, 0.5) is 8.78 Å². The van der Waals surface area contributed by atoms with Crippen molar-refractivity contribution in [1.82, 2.24) is 14.2 Å². The summed E-state index contributed by atoms with van der Waals surface area (Å²) in [5.74, 6) is -0.768. The van der Waals surface area contributed by atoms with E-state index >= 15 is 0 Å². The van der Waals surface area contributed by atoms with Crippen molar-refractivity contribution in [2.45, 2.75) is 12.8 Å². The number of hydrogen-bond donors (Lipinski definition) is 2. The zero-order valence-electron chi connectivity index (χ0n) is 20.6. The molecule has 0 spiro atoms. The summed E-state index contributed by atoms with van der Waals surface area (Å²) >= 11 is -2.14. The molecular weight excluding hydrogens is 504 g/mol. The predicted octanol–water partition coefficient (Wildman–Crippen LogP) is 3.72. The van der Waals surface area contributed by atoms with Crippen LogP contribution in [0.3, 0.4) is 0 Å². The Morgan fingerprint density at radius 1 is 1.08 bits per heavy atom. The van der Waals surface area contributed by atoms with Gasteiger partial charge in [-0.05, 0) is 56.3 Å². The quantitative estimate of drug-likeness (QED) is 0.386. The van der Waals surface area contributed by atoms with Crippen LogP contribution in [0.25, 0.3) is 11.1 Å². The molecule has 2 N–H and O–H groups in total. The molecule has 0 amide bonds. The van der Waals surface area contributed by atoms with Gasteiger partial charge in [0.25, 0.3) is 5.56 Å². The monoisotopic (exact) mass is 533 g/mol. The molecule has 8 nitrogen and oxygen atoms in total. The van der Waals surface area contributed by atoms with Crippen LogP contribution in [0.1, 0.15) is 12.0 Å². The maximum atomic E-state index is 14.4. The summed E-state index contributed by atoms with van der Waals surface area (Å²) in [4.78, 5) is 14.7. The van der Waals surface area contributed by atoms with Gasteiger partial charge in [0.2, 0.25) is 11.3 Å². The average molecular weight is 534 g/mol. The van der Waals surface area contributed by atoms with Crippen molar-refractivity contribution in [2.75, 3.05) is 33.3 Å². The molecule has 1 saturated heterocycles. The fourth-order valence-corrected chi connectivity index (χ4v) is 4.57. The molecule has 2 atom stereocenters. The van der Waals surface area contributed by atoms with E-state index in [4.69, 9.17) is 14.0 Å². The Labute approximate surface area is 216 Å². The summed E-state index contributed by atoms with van der Waals surface area (Å²) in [6.07, 6.45) is 3.04. The maximum absolute atomic E-state index is 14.4. The Hall–Kier alpha value is -3.12. The molecule has 1 aliphatic heterocycles. The van der Waals surface area contributed by atoms with Crippen molar-refractivity contribution in [3.63, 3.8) is 0 Å². The van der Waals surface area contributed by atoms with Crippen molar-refractivity contribution >= 4 is 11.3 Å². The van der Waals surface area contributed by atoms with Crippen molar-refractivity contribution in [1.29, 1.82) is 0 Å². The Morgan fingerprint density at radius 3 is 2.57 bits per heavy atom. The number of nitrogens with zero attached hydrogens (tertiary/aromatic N) is 2. The van der Waals surface area contributed by atoms with Gasteiger partial charge in [-0.2, -0.15) is 0 Å². The molecule has 0 radical (unpaired) electrons.